The van der Waals surface area contributed by atoms with E-state index in [1.807, 2.05) is 63.9 Å². The van der Waals surface area contributed by atoms with Crippen LogP contribution < -0.4 is 9.64 Å². The zero-order valence-corrected chi connectivity index (χ0v) is 20.5. The summed E-state index contributed by atoms with van der Waals surface area (Å²) in [5, 5.41) is 4.85. The van der Waals surface area contributed by atoms with Crippen molar-refractivity contribution >= 4 is 40.2 Å². The van der Waals surface area contributed by atoms with Gasteiger partial charge in [-0.2, -0.15) is 0 Å². The van der Waals surface area contributed by atoms with Crippen molar-refractivity contribution in [3.63, 3.8) is 0 Å². The van der Waals surface area contributed by atoms with E-state index in [-0.39, 0.29) is 11.8 Å². The van der Waals surface area contributed by atoms with Gasteiger partial charge < -0.3 is 14.5 Å². The monoisotopic (exact) mass is 484 g/mol. The number of carbonyl (C=O) groups is 2. The number of nitrogens with zero attached hydrogens (tertiary/aromatic N) is 4. The number of aromatic nitrogens is 1. The van der Waals surface area contributed by atoms with Crippen molar-refractivity contribution in [1.82, 2.24) is 14.8 Å². The number of hydrogen-bond donors (Lipinski definition) is 0. The average molecular weight is 485 g/mol. The third-order valence-corrected chi connectivity index (χ3v) is 7.46. The van der Waals surface area contributed by atoms with Gasteiger partial charge in [0.2, 0.25) is 11.8 Å². The van der Waals surface area contributed by atoms with Gasteiger partial charge in [-0.3, -0.25) is 14.5 Å². The van der Waals surface area contributed by atoms with E-state index >= 15 is 0 Å². The Kier molecular flexibility index (Phi) is 7.74. The van der Waals surface area contributed by atoms with Crippen LogP contribution in [0.25, 0.3) is 0 Å². The molecule has 0 aliphatic carbocycles. The van der Waals surface area contributed by atoms with Crippen molar-refractivity contribution in [2.24, 2.45) is 0 Å². The first kappa shape index (κ1) is 23.4. The van der Waals surface area contributed by atoms with E-state index in [0.717, 1.165) is 27.0 Å². The van der Waals surface area contributed by atoms with Crippen molar-refractivity contribution in [2.75, 3.05) is 44.7 Å². The number of anilines is 1. The van der Waals surface area contributed by atoms with Gasteiger partial charge in [-0.25, -0.2) is 4.98 Å². The van der Waals surface area contributed by atoms with Gasteiger partial charge in [-0.15, -0.1) is 22.7 Å². The number of benzene rings is 1. The number of amides is 2. The summed E-state index contributed by atoms with van der Waals surface area (Å²) >= 11 is 3.17. The highest BCUT2D eigenvalue weighted by Gasteiger charge is 2.25. The van der Waals surface area contributed by atoms with E-state index in [1.165, 1.54) is 11.3 Å². The number of ether oxygens (including phenoxy) is 1. The minimum absolute atomic E-state index is 0.0478. The topological polar surface area (TPSA) is 66.0 Å². The maximum absolute atomic E-state index is 13.3. The second-order valence-electron chi connectivity index (χ2n) is 7.97. The molecule has 0 bridgehead atoms. The van der Waals surface area contributed by atoms with Crippen LogP contribution >= 0.6 is 22.7 Å². The molecule has 1 aliphatic heterocycles. The minimum Gasteiger partial charge on any atom is -0.497 e. The molecule has 9 heteroatoms. The zero-order valence-electron chi connectivity index (χ0n) is 18.9. The number of methoxy groups -OCH3 is 1. The summed E-state index contributed by atoms with van der Waals surface area (Å²) < 4.78 is 5.26. The van der Waals surface area contributed by atoms with E-state index in [4.69, 9.17) is 4.74 Å². The molecule has 0 N–H and O–H groups in total. The molecule has 33 heavy (non-hydrogen) atoms. The number of hydrogen-bond acceptors (Lipinski definition) is 7. The quantitative estimate of drug-likeness (QED) is 0.490. The molecule has 0 saturated carbocycles. The summed E-state index contributed by atoms with van der Waals surface area (Å²) in [6.45, 7) is 5.43. The van der Waals surface area contributed by atoms with Crippen LogP contribution in [0.1, 0.15) is 15.6 Å². The van der Waals surface area contributed by atoms with Gasteiger partial charge in [0, 0.05) is 47.8 Å². The highest BCUT2D eigenvalue weighted by Crippen LogP contribution is 2.23. The third-order valence-electron chi connectivity index (χ3n) is 5.63. The summed E-state index contributed by atoms with van der Waals surface area (Å²) in [6, 6.07) is 11.6. The van der Waals surface area contributed by atoms with Crippen LogP contribution in [0.5, 0.6) is 5.75 Å². The van der Waals surface area contributed by atoms with Gasteiger partial charge in [-0.1, -0.05) is 6.07 Å². The molecule has 0 radical (unpaired) electrons. The number of carbonyl (C=O) groups excluding carboxylic acids is 2. The summed E-state index contributed by atoms with van der Waals surface area (Å²) in [5.41, 5.74) is 1.80. The fourth-order valence-electron chi connectivity index (χ4n) is 3.80. The Bertz CT molecular complexity index is 1060. The Morgan fingerprint density at radius 1 is 1.09 bits per heavy atom. The molecule has 0 atom stereocenters. The molecular weight excluding hydrogens is 456 g/mol. The Hall–Kier alpha value is -2.75. The fourth-order valence-corrected chi connectivity index (χ4v) is 5.26. The predicted molar refractivity (Wildman–Crippen MR) is 132 cm³/mol. The Labute approximate surface area is 202 Å². The molecular formula is C24H28N4O3S2. The van der Waals surface area contributed by atoms with E-state index in [2.05, 4.69) is 9.88 Å². The smallest absolute Gasteiger partial charge is 0.241 e. The summed E-state index contributed by atoms with van der Waals surface area (Å²) in [6.07, 6.45) is 0.351. The Balaban J connectivity index is 1.35. The molecule has 3 heterocycles. The normalized spacial score (nSPS) is 14.3. The van der Waals surface area contributed by atoms with Crippen molar-refractivity contribution < 1.29 is 14.3 Å². The van der Waals surface area contributed by atoms with Crippen molar-refractivity contribution in [1.29, 1.82) is 0 Å². The van der Waals surface area contributed by atoms with E-state index in [0.29, 0.717) is 45.7 Å². The Morgan fingerprint density at radius 3 is 2.45 bits per heavy atom. The largest absolute Gasteiger partial charge is 0.497 e. The zero-order chi connectivity index (χ0) is 23.2. The Morgan fingerprint density at radius 2 is 1.85 bits per heavy atom. The highest BCUT2D eigenvalue weighted by atomic mass is 32.1. The molecule has 0 spiro atoms. The molecule has 0 unspecified atom stereocenters. The van der Waals surface area contributed by atoms with Crippen molar-refractivity contribution in [3.8, 4) is 5.75 Å². The van der Waals surface area contributed by atoms with Crippen LogP contribution in [-0.4, -0.2) is 66.4 Å². The van der Waals surface area contributed by atoms with Gasteiger partial charge in [-0.05, 0) is 42.6 Å². The fraction of sp³-hybridized carbons (Fsp3) is 0.375. The third kappa shape index (κ3) is 6.19. The molecule has 4 rings (SSSR count). The van der Waals surface area contributed by atoms with Gasteiger partial charge in [0.05, 0.1) is 26.6 Å². The van der Waals surface area contributed by atoms with Crippen molar-refractivity contribution in [2.45, 2.75) is 19.9 Å². The van der Waals surface area contributed by atoms with Crippen LogP contribution in [0.2, 0.25) is 0 Å². The maximum atomic E-state index is 13.3. The predicted octanol–water partition coefficient (Wildman–Crippen LogP) is 3.44. The van der Waals surface area contributed by atoms with Crippen molar-refractivity contribution in [3.05, 3.63) is 62.7 Å². The lowest BCUT2D eigenvalue weighted by atomic mass is 10.2. The summed E-state index contributed by atoms with van der Waals surface area (Å²) in [7, 11) is 1.63. The number of piperazine rings is 1. The maximum Gasteiger partial charge on any atom is 0.241 e. The van der Waals surface area contributed by atoms with Crippen LogP contribution in [-0.2, 0) is 22.6 Å². The van der Waals surface area contributed by atoms with Crippen LogP contribution in [0.4, 0.5) is 5.69 Å². The van der Waals surface area contributed by atoms with Crippen LogP contribution in [0, 0.1) is 6.92 Å². The lowest BCUT2D eigenvalue weighted by Crippen LogP contribution is -2.51. The number of thiazole rings is 1. The minimum atomic E-state index is 0.0478. The number of aryl methyl sites for hydroxylation is 1. The second-order valence-corrected chi connectivity index (χ2v) is 9.95. The lowest BCUT2D eigenvalue weighted by molar-refractivity contribution is -0.132. The molecule has 2 amide bonds. The molecule has 1 saturated heterocycles. The van der Waals surface area contributed by atoms with Gasteiger partial charge in [0.1, 0.15) is 10.8 Å². The first-order valence-corrected chi connectivity index (χ1v) is 12.7. The van der Waals surface area contributed by atoms with E-state index < -0.39 is 0 Å². The standard InChI is InChI=1S/C24H28N4O3S2/c1-18-17-33-22(25-18)14-23(29)27-11-9-26(10-12-27)16-24(30)28(15-21-4-3-13-32-21)19-5-7-20(31-2)8-6-19/h3-8,13,17H,9-12,14-16H2,1-2H3. The van der Waals surface area contributed by atoms with Crippen LogP contribution in [0.15, 0.2) is 47.2 Å². The van der Waals surface area contributed by atoms with Gasteiger partial charge >= 0.3 is 0 Å². The first-order valence-electron chi connectivity index (χ1n) is 10.9. The SMILES string of the molecule is COc1ccc(N(Cc2cccs2)C(=O)CN2CCN(C(=O)Cc3nc(C)cs3)CC2)cc1. The highest BCUT2D eigenvalue weighted by molar-refractivity contribution is 7.10. The van der Waals surface area contributed by atoms with Gasteiger partial charge in [0.25, 0.3) is 0 Å². The second kappa shape index (κ2) is 10.9. The summed E-state index contributed by atoms with van der Waals surface area (Å²) in [4.78, 5) is 37.3. The van der Waals surface area contributed by atoms with Gasteiger partial charge in [0.15, 0.2) is 0 Å². The molecule has 174 valence electrons. The molecule has 1 aromatic carbocycles. The molecule has 1 aliphatic rings. The van der Waals surface area contributed by atoms with Crippen LogP contribution in [0.3, 0.4) is 0 Å². The van der Waals surface area contributed by atoms with E-state index in [9.17, 15) is 9.59 Å². The van der Waals surface area contributed by atoms with E-state index in [1.54, 1.807) is 18.4 Å². The number of thiophene rings is 1. The molecule has 2 aromatic heterocycles. The lowest BCUT2D eigenvalue weighted by Gasteiger charge is -2.35. The average Bonchev–Trinajstić information content (AvgIpc) is 3.49. The molecule has 7 nitrogen and oxygen atoms in total. The molecule has 1 fully saturated rings. The molecule has 3 aromatic rings. The number of rotatable bonds is 8. The summed E-state index contributed by atoms with van der Waals surface area (Å²) in [5.74, 6) is 0.912. The first-order chi connectivity index (χ1) is 16.0.